The first-order valence-corrected chi connectivity index (χ1v) is 6.07. The van der Waals surface area contributed by atoms with E-state index < -0.39 is 4.92 Å². The lowest BCUT2D eigenvalue weighted by molar-refractivity contribution is -0.384. The molecule has 19 heavy (non-hydrogen) atoms. The van der Waals surface area contributed by atoms with Gasteiger partial charge < -0.3 is 5.11 Å². The Morgan fingerprint density at radius 2 is 1.89 bits per heavy atom. The molecule has 0 atom stereocenters. The lowest BCUT2D eigenvalue weighted by Gasteiger charge is -2.04. The number of hydrogen-bond acceptors (Lipinski definition) is 5. The fraction of sp³-hybridized carbons (Fsp3) is 0. The van der Waals surface area contributed by atoms with E-state index in [4.69, 9.17) is 5.26 Å². The molecule has 0 heterocycles. The normalized spacial score (nSPS) is 9.84. The zero-order valence-corrected chi connectivity index (χ0v) is 10.4. The number of phenolic OH excluding ortho intramolecular Hbond substituents is 1. The van der Waals surface area contributed by atoms with Crippen LogP contribution >= 0.6 is 11.8 Å². The predicted octanol–water partition coefficient (Wildman–Crippen LogP) is 3.32. The molecule has 0 amide bonds. The van der Waals surface area contributed by atoms with Crippen molar-refractivity contribution in [3.05, 3.63) is 58.1 Å². The van der Waals surface area contributed by atoms with Crippen LogP contribution in [0, 0.1) is 21.4 Å². The molecule has 0 bridgehead atoms. The highest BCUT2D eigenvalue weighted by molar-refractivity contribution is 7.99. The molecule has 0 saturated carbocycles. The zero-order chi connectivity index (χ0) is 13.8. The lowest BCUT2D eigenvalue weighted by atomic mass is 10.2. The number of phenols is 1. The highest BCUT2D eigenvalue weighted by Gasteiger charge is 2.11. The van der Waals surface area contributed by atoms with Crippen LogP contribution in [-0.2, 0) is 0 Å². The summed E-state index contributed by atoms with van der Waals surface area (Å²) in [6.45, 7) is 0. The van der Waals surface area contributed by atoms with E-state index in [9.17, 15) is 15.2 Å². The molecule has 0 spiro atoms. The van der Waals surface area contributed by atoms with Crippen LogP contribution in [0.25, 0.3) is 0 Å². The Labute approximate surface area is 113 Å². The van der Waals surface area contributed by atoms with Crippen LogP contribution in [0.2, 0.25) is 0 Å². The minimum absolute atomic E-state index is 0.105. The fourth-order valence-electron chi connectivity index (χ4n) is 1.45. The Bertz CT molecular complexity index is 663. The molecule has 0 saturated heterocycles. The molecule has 2 aromatic carbocycles. The van der Waals surface area contributed by atoms with Crippen molar-refractivity contribution < 1.29 is 10.0 Å². The number of hydrogen-bond donors (Lipinski definition) is 1. The molecule has 2 aromatic rings. The summed E-state index contributed by atoms with van der Waals surface area (Å²) < 4.78 is 0. The molecule has 94 valence electrons. The van der Waals surface area contributed by atoms with E-state index >= 15 is 0 Å². The van der Waals surface area contributed by atoms with Gasteiger partial charge in [-0.1, -0.05) is 11.8 Å². The average molecular weight is 272 g/mol. The summed E-state index contributed by atoms with van der Waals surface area (Å²) in [4.78, 5) is 11.6. The van der Waals surface area contributed by atoms with Gasteiger partial charge in [0, 0.05) is 21.9 Å². The van der Waals surface area contributed by atoms with Gasteiger partial charge in [0.25, 0.3) is 5.69 Å². The SMILES string of the molecule is N#Cc1cc([N+](=O)[O-])ccc1Sc1ccc(O)cc1. The summed E-state index contributed by atoms with van der Waals surface area (Å²) in [5.41, 5.74) is 0.152. The smallest absolute Gasteiger partial charge is 0.270 e. The molecular formula is C13H8N2O3S. The van der Waals surface area contributed by atoms with Gasteiger partial charge in [-0.3, -0.25) is 10.1 Å². The van der Waals surface area contributed by atoms with E-state index in [-0.39, 0.29) is 17.0 Å². The van der Waals surface area contributed by atoms with Crippen molar-refractivity contribution in [2.45, 2.75) is 9.79 Å². The monoisotopic (exact) mass is 272 g/mol. The topological polar surface area (TPSA) is 87.2 Å². The molecule has 5 nitrogen and oxygen atoms in total. The Hall–Kier alpha value is -2.52. The van der Waals surface area contributed by atoms with Crippen LogP contribution in [0.15, 0.2) is 52.3 Å². The van der Waals surface area contributed by atoms with Crippen LogP contribution in [0.5, 0.6) is 5.75 Å². The quantitative estimate of drug-likeness (QED) is 0.684. The second-order valence-corrected chi connectivity index (χ2v) is 4.76. The maximum Gasteiger partial charge on any atom is 0.270 e. The van der Waals surface area contributed by atoms with E-state index in [1.807, 2.05) is 6.07 Å². The van der Waals surface area contributed by atoms with Crippen LogP contribution in [0.4, 0.5) is 5.69 Å². The van der Waals surface area contributed by atoms with E-state index in [0.717, 1.165) is 4.90 Å². The molecule has 0 unspecified atom stereocenters. The maximum absolute atomic E-state index is 10.6. The number of nitro groups is 1. The van der Waals surface area contributed by atoms with Crippen LogP contribution in [-0.4, -0.2) is 10.0 Å². The maximum atomic E-state index is 10.6. The highest BCUT2D eigenvalue weighted by atomic mass is 32.2. The summed E-state index contributed by atoms with van der Waals surface area (Å²) in [6, 6.07) is 12.6. The van der Waals surface area contributed by atoms with Crippen molar-refractivity contribution in [3.63, 3.8) is 0 Å². The fourth-order valence-corrected chi connectivity index (χ4v) is 2.33. The molecule has 0 aromatic heterocycles. The molecule has 2 rings (SSSR count). The van der Waals surface area contributed by atoms with Gasteiger partial charge in [0.15, 0.2) is 0 Å². The summed E-state index contributed by atoms with van der Waals surface area (Å²) in [5.74, 6) is 0.161. The molecule has 0 aliphatic heterocycles. The number of nitriles is 1. The third-order valence-corrected chi connectivity index (χ3v) is 3.44. The van der Waals surface area contributed by atoms with Gasteiger partial charge in [-0.05, 0) is 30.3 Å². The molecule has 0 aliphatic carbocycles. The van der Waals surface area contributed by atoms with Gasteiger partial charge in [0.2, 0.25) is 0 Å². The first kappa shape index (κ1) is 12.9. The first-order valence-electron chi connectivity index (χ1n) is 5.25. The Kier molecular flexibility index (Phi) is 3.68. The number of rotatable bonds is 3. The average Bonchev–Trinajstić information content (AvgIpc) is 2.41. The lowest BCUT2D eigenvalue weighted by Crippen LogP contribution is -1.90. The molecule has 6 heteroatoms. The van der Waals surface area contributed by atoms with Gasteiger partial charge in [0.1, 0.15) is 11.8 Å². The Morgan fingerprint density at radius 1 is 1.21 bits per heavy atom. The largest absolute Gasteiger partial charge is 0.508 e. The van der Waals surface area contributed by atoms with E-state index in [1.54, 1.807) is 30.3 Å². The molecule has 0 aliphatic rings. The van der Waals surface area contributed by atoms with Gasteiger partial charge in [-0.15, -0.1) is 0 Å². The number of benzene rings is 2. The second kappa shape index (κ2) is 5.42. The zero-order valence-electron chi connectivity index (χ0n) is 9.61. The van der Waals surface area contributed by atoms with Crippen molar-refractivity contribution in [2.75, 3.05) is 0 Å². The van der Waals surface area contributed by atoms with Crippen molar-refractivity contribution in [1.82, 2.24) is 0 Å². The van der Waals surface area contributed by atoms with Gasteiger partial charge >= 0.3 is 0 Å². The van der Waals surface area contributed by atoms with Crippen LogP contribution in [0.3, 0.4) is 0 Å². The first-order chi connectivity index (χ1) is 9.10. The molecule has 0 radical (unpaired) electrons. The van der Waals surface area contributed by atoms with E-state index in [2.05, 4.69) is 0 Å². The van der Waals surface area contributed by atoms with E-state index in [0.29, 0.717) is 4.90 Å². The van der Waals surface area contributed by atoms with Crippen molar-refractivity contribution in [2.24, 2.45) is 0 Å². The summed E-state index contributed by atoms with van der Waals surface area (Å²) in [7, 11) is 0. The second-order valence-electron chi connectivity index (χ2n) is 3.65. The standard InChI is InChI=1S/C13H8N2O3S/c14-8-9-7-10(15(17)18)1-6-13(9)19-12-4-2-11(16)3-5-12/h1-7,16H. The third-order valence-electron chi connectivity index (χ3n) is 2.36. The van der Waals surface area contributed by atoms with Gasteiger partial charge in [-0.2, -0.15) is 5.26 Å². The molecular weight excluding hydrogens is 264 g/mol. The van der Waals surface area contributed by atoms with Crippen LogP contribution < -0.4 is 0 Å². The van der Waals surface area contributed by atoms with E-state index in [1.165, 1.54) is 23.9 Å². The highest BCUT2D eigenvalue weighted by Crippen LogP contribution is 2.32. The van der Waals surface area contributed by atoms with Crippen LogP contribution in [0.1, 0.15) is 5.56 Å². The third kappa shape index (κ3) is 3.03. The number of aromatic hydroxyl groups is 1. The number of nitrogens with zero attached hydrogens (tertiary/aromatic N) is 2. The number of non-ortho nitro benzene ring substituents is 1. The van der Waals surface area contributed by atoms with Crippen molar-refractivity contribution >= 4 is 17.4 Å². The predicted molar refractivity (Wildman–Crippen MR) is 70.0 cm³/mol. The minimum Gasteiger partial charge on any atom is -0.508 e. The Balaban J connectivity index is 2.33. The summed E-state index contributed by atoms with van der Waals surface area (Å²) >= 11 is 1.31. The molecule has 1 N–H and O–H groups in total. The van der Waals surface area contributed by atoms with Crippen molar-refractivity contribution in [1.29, 1.82) is 5.26 Å². The van der Waals surface area contributed by atoms with Gasteiger partial charge in [0.05, 0.1) is 10.5 Å². The Morgan fingerprint density at radius 3 is 2.47 bits per heavy atom. The minimum atomic E-state index is -0.532. The summed E-state index contributed by atoms with van der Waals surface area (Å²) in [6.07, 6.45) is 0. The van der Waals surface area contributed by atoms with Crippen molar-refractivity contribution in [3.8, 4) is 11.8 Å². The molecule has 0 fully saturated rings. The summed E-state index contributed by atoms with van der Waals surface area (Å²) in [5, 5.41) is 28.8. The number of nitro benzene ring substituents is 1. The van der Waals surface area contributed by atoms with Gasteiger partial charge in [-0.25, -0.2) is 0 Å².